The molecule has 0 radical (unpaired) electrons. The molecule has 0 saturated carbocycles. The quantitative estimate of drug-likeness (QED) is 0.598. The fourth-order valence-corrected chi connectivity index (χ4v) is 3.77. The fourth-order valence-electron chi connectivity index (χ4n) is 1.42. The lowest BCUT2D eigenvalue weighted by atomic mass is 10.3. The first kappa shape index (κ1) is 16.8. The summed E-state index contributed by atoms with van der Waals surface area (Å²) in [5, 5.41) is 13.6. The number of thiazole rings is 1. The van der Waals surface area contributed by atoms with E-state index in [0.717, 1.165) is 9.35 Å². The van der Waals surface area contributed by atoms with E-state index in [1.54, 1.807) is 12.3 Å². The Morgan fingerprint density at radius 1 is 1.41 bits per heavy atom. The highest BCUT2D eigenvalue weighted by Crippen LogP contribution is 2.22. The molecule has 0 aliphatic rings. The third-order valence-electron chi connectivity index (χ3n) is 2.26. The van der Waals surface area contributed by atoms with Crippen LogP contribution in [-0.4, -0.2) is 39.4 Å². The van der Waals surface area contributed by atoms with Crippen LogP contribution in [0.5, 0.6) is 0 Å². The first-order valence-corrected chi connectivity index (χ1v) is 9.07. The van der Waals surface area contributed by atoms with Gasteiger partial charge in [0.25, 0.3) is 0 Å². The maximum absolute atomic E-state index is 11.8. The van der Waals surface area contributed by atoms with Crippen LogP contribution < -0.4 is 5.32 Å². The number of thioether (sulfide) groups is 1. The van der Waals surface area contributed by atoms with Gasteiger partial charge in [-0.1, -0.05) is 23.1 Å². The standard InChI is InChI=1S/C12H14N4O3S3/c1-3-19-10(18)4-8-5-20-11(13-8)14-9(17)6-21-12-16-15-7(2)22-12/h5H,3-4,6H2,1-2H3,(H,13,14,17). The summed E-state index contributed by atoms with van der Waals surface area (Å²) in [4.78, 5) is 27.4. The summed E-state index contributed by atoms with van der Waals surface area (Å²) in [6, 6.07) is 0. The van der Waals surface area contributed by atoms with E-state index in [0.29, 0.717) is 17.4 Å². The molecule has 22 heavy (non-hydrogen) atoms. The Morgan fingerprint density at radius 2 is 2.23 bits per heavy atom. The average molecular weight is 358 g/mol. The molecule has 1 N–H and O–H groups in total. The van der Waals surface area contributed by atoms with Crippen molar-refractivity contribution in [2.24, 2.45) is 0 Å². The van der Waals surface area contributed by atoms with Crippen LogP contribution in [0.15, 0.2) is 9.72 Å². The van der Waals surface area contributed by atoms with Crippen LogP contribution in [0.4, 0.5) is 5.13 Å². The SMILES string of the molecule is CCOC(=O)Cc1csc(NC(=O)CSc2nnc(C)s2)n1. The molecule has 7 nitrogen and oxygen atoms in total. The van der Waals surface area contributed by atoms with Crippen molar-refractivity contribution in [2.75, 3.05) is 17.7 Å². The second kappa shape index (κ2) is 8.20. The molecule has 1 amide bonds. The van der Waals surface area contributed by atoms with Crippen molar-refractivity contribution >= 4 is 51.4 Å². The van der Waals surface area contributed by atoms with E-state index in [9.17, 15) is 9.59 Å². The lowest BCUT2D eigenvalue weighted by Gasteiger charge is -2.00. The second-order valence-electron chi connectivity index (χ2n) is 4.05. The van der Waals surface area contributed by atoms with E-state index < -0.39 is 0 Å². The molecule has 0 bridgehead atoms. The summed E-state index contributed by atoms with van der Waals surface area (Å²) in [5.74, 6) is -0.260. The number of anilines is 1. The number of rotatable bonds is 7. The summed E-state index contributed by atoms with van der Waals surface area (Å²) in [6.45, 7) is 3.96. The maximum Gasteiger partial charge on any atom is 0.311 e. The van der Waals surface area contributed by atoms with Gasteiger partial charge in [0.05, 0.1) is 24.5 Å². The van der Waals surface area contributed by atoms with Crippen molar-refractivity contribution in [2.45, 2.75) is 24.6 Å². The number of aryl methyl sites for hydroxylation is 1. The maximum atomic E-state index is 11.8. The van der Waals surface area contributed by atoms with Crippen molar-refractivity contribution < 1.29 is 14.3 Å². The van der Waals surface area contributed by atoms with Gasteiger partial charge in [0.15, 0.2) is 9.47 Å². The van der Waals surface area contributed by atoms with Crippen LogP contribution in [0.25, 0.3) is 0 Å². The Labute approximate surface area is 139 Å². The third-order valence-corrected chi connectivity index (χ3v) is 5.04. The summed E-state index contributed by atoms with van der Waals surface area (Å²) >= 11 is 4.05. The number of aromatic nitrogens is 3. The molecule has 2 aromatic heterocycles. The zero-order valence-corrected chi connectivity index (χ0v) is 14.4. The summed E-state index contributed by atoms with van der Waals surface area (Å²) in [5.41, 5.74) is 0.589. The third kappa shape index (κ3) is 5.35. The number of esters is 1. The minimum atomic E-state index is -0.326. The highest BCUT2D eigenvalue weighted by atomic mass is 32.2. The predicted molar refractivity (Wildman–Crippen MR) is 86.5 cm³/mol. The number of ether oxygens (including phenoxy) is 1. The Morgan fingerprint density at radius 3 is 2.91 bits per heavy atom. The van der Waals surface area contributed by atoms with Crippen molar-refractivity contribution in [3.8, 4) is 0 Å². The molecule has 0 fully saturated rings. The Hall–Kier alpha value is -1.52. The summed E-state index contributed by atoms with van der Waals surface area (Å²) < 4.78 is 5.61. The van der Waals surface area contributed by atoms with Crippen molar-refractivity contribution in [1.29, 1.82) is 0 Å². The first-order valence-electron chi connectivity index (χ1n) is 6.39. The number of hydrogen-bond acceptors (Lipinski definition) is 9. The number of carbonyl (C=O) groups is 2. The Bertz CT molecular complexity index is 656. The molecule has 0 unspecified atom stereocenters. The molecule has 0 saturated heterocycles. The lowest BCUT2D eigenvalue weighted by Crippen LogP contribution is -2.14. The van der Waals surface area contributed by atoms with Crippen LogP contribution in [0, 0.1) is 6.92 Å². The zero-order valence-electron chi connectivity index (χ0n) is 12.0. The molecule has 10 heteroatoms. The van der Waals surface area contributed by atoms with Gasteiger partial charge in [0, 0.05) is 5.38 Å². The Balaban J connectivity index is 1.79. The van der Waals surface area contributed by atoms with E-state index in [-0.39, 0.29) is 24.1 Å². The molecule has 0 aromatic carbocycles. The summed E-state index contributed by atoms with van der Waals surface area (Å²) in [7, 11) is 0. The normalized spacial score (nSPS) is 10.5. The lowest BCUT2D eigenvalue weighted by molar-refractivity contribution is -0.142. The van der Waals surface area contributed by atoms with Gasteiger partial charge in [-0.25, -0.2) is 4.98 Å². The number of hydrogen-bond donors (Lipinski definition) is 1. The molecule has 2 heterocycles. The number of nitrogens with zero attached hydrogens (tertiary/aromatic N) is 3. The van der Waals surface area contributed by atoms with Gasteiger partial charge >= 0.3 is 5.97 Å². The Kier molecular flexibility index (Phi) is 6.28. The van der Waals surface area contributed by atoms with Crippen molar-refractivity contribution in [3.05, 3.63) is 16.1 Å². The van der Waals surface area contributed by atoms with Crippen LogP contribution in [0.1, 0.15) is 17.6 Å². The predicted octanol–water partition coefficient (Wildman–Crippen LogP) is 2.14. The monoisotopic (exact) mass is 358 g/mol. The fraction of sp³-hybridized carbons (Fsp3) is 0.417. The van der Waals surface area contributed by atoms with Gasteiger partial charge in [-0.3, -0.25) is 9.59 Å². The van der Waals surface area contributed by atoms with Gasteiger partial charge in [-0.15, -0.1) is 21.5 Å². The van der Waals surface area contributed by atoms with E-state index in [1.165, 1.54) is 34.4 Å². The molecular formula is C12H14N4O3S3. The molecule has 118 valence electrons. The van der Waals surface area contributed by atoms with Crippen molar-refractivity contribution in [3.63, 3.8) is 0 Å². The molecule has 0 atom stereocenters. The highest BCUT2D eigenvalue weighted by Gasteiger charge is 2.11. The van der Waals surface area contributed by atoms with Crippen LogP contribution in [0.2, 0.25) is 0 Å². The molecule has 0 aliphatic heterocycles. The second-order valence-corrected chi connectivity index (χ2v) is 7.31. The average Bonchev–Trinajstić information content (AvgIpc) is 3.06. The van der Waals surface area contributed by atoms with Crippen LogP contribution in [-0.2, 0) is 20.7 Å². The number of amides is 1. The van der Waals surface area contributed by atoms with Gasteiger partial charge in [-0.2, -0.15) is 0 Å². The minimum absolute atomic E-state index is 0.110. The van der Waals surface area contributed by atoms with E-state index in [1.807, 2.05) is 6.92 Å². The smallest absolute Gasteiger partial charge is 0.311 e. The van der Waals surface area contributed by atoms with Crippen LogP contribution in [0.3, 0.4) is 0 Å². The summed E-state index contributed by atoms with van der Waals surface area (Å²) in [6.07, 6.45) is 0.110. The number of carbonyl (C=O) groups excluding carboxylic acids is 2. The van der Waals surface area contributed by atoms with Gasteiger partial charge < -0.3 is 10.1 Å². The van der Waals surface area contributed by atoms with Gasteiger partial charge in [0.1, 0.15) is 5.01 Å². The van der Waals surface area contributed by atoms with Crippen molar-refractivity contribution in [1.82, 2.24) is 15.2 Å². The highest BCUT2D eigenvalue weighted by molar-refractivity contribution is 8.01. The zero-order chi connectivity index (χ0) is 15.9. The topological polar surface area (TPSA) is 94.1 Å². The van der Waals surface area contributed by atoms with Gasteiger partial charge in [-0.05, 0) is 13.8 Å². The van der Waals surface area contributed by atoms with Crippen LogP contribution >= 0.6 is 34.4 Å². The van der Waals surface area contributed by atoms with E-state index in [2.05, 4.69) is 20.5 Å². The first-order chi connectivity index (χ1) is 10.6. The molecular weight excluding hydrogens is 344 g/mol. The largest absolute Gasteiger partial charge is 0.466 e. The van der Waals surface area contributed by atoms with Gasteiger partial charge in [0.2, 0.25) is 5.91 Å². The van der Waals surface area contributed by atoms with E-state index in [4.69, 9.17) is 4.74 Å². The molecule has 0 spiro atoms. The molecule has 2 rings (SSSR count). The number of nitrogens with one attached hydrogen (secondary N) is 1. The molecule has 2 aromatic rings. The minimum Gasteiger partial charge on any atom is -0.466 e. The van der Waals surface area contributed by atoms with E-state index >= 15 is 0 Å². The molecule has 0 aliphatic carbocycles.